The van der Waals surface area contributed by atoms with Crippen LogP contribution in [-0.2, 0) is 6.42 Å². The van der Waals surface area contributed by atoms with Gasteiger partial charge in [-0.15, -0.1) is 0 Å². The van der Waals surface area contributed by atoms with Crippen molar-refractivity contribution in [2.45, 2.75) is 32.6 Å². The summed E-state index contributed by atoms with van der Waals surface area (Å²) in [4.78, 5) is 16.7. The number of carbonyl (C=O) groups is 1. The van der Waals surface area contributed by atoms with Crippen molar-refractivity contribution in [3.63, 3.8) is 0 Å². The third-order valence-corrected chi connectivity index (χ3v) is 4.45. The van der Waals surface area contributed by atoms with E-state index < -0.39 is 0 Å². The summed E-state index contributed by atoms with van der Waals surface area (Å²) in [7, 11) is 0. The van der Waals surface area contributed by atoms with Gasteiger partial charge in [-0.1, -0.05) is 13.0 Å². The Labute approximate surface area is 120 Å². The van der Waals surface area contributed by atoms with Crippen molar-refractivity contribution in [2.75, 3.05) is 30.3 Å². The van der Waals surface area contributed by atoms with Crippen LogP contribution in [0, 0.1) is 5.92 Å². The fourth-order valence-corrected chi connectivity index (χ4v) is 3.38. The normalized spacial score (nSPS) is 22.6. The summed E-state index contributed by atoms with van der Waals surface area (Å²) < 4.78 is 0. The second-order valence-electron chi connectivity index (χ2n) is 6.08. The van der Waals surface area contributed by atoms with Crippen molar-refractivity contribution in [3.8, 4) is 0 Å². The van der Waals surface area contributed by atoms with E-state index in [0.717, 1.165) is 55.8 Å². The van der Waals surface area contributed by atoms with Crippen molar-refractivity contribution < 1.29 is 4.79 Å². The Balaban J connectivity index is 1.85. The van der Waals surface area contributed by atoms with Crippen molar-refractivity contribution in [1.82, 2.24) is 4.90 Å². The third kappa shape index (κ3) is 2.35. The Hall–Kier alpha value is -1.71. The fourth-order valence-electron chi connectivity index (χ4n) is 3.38. The summed E-state index contributed by atoms with van der Waals surface area (Å²) >= 11 is 0. The molecular weight excluding hydrogens is 250 g/mol. The minimum atomic E-state index is 0.156. The molecule has 1 unspecified atom stereocenters. The van der Waals surface area contributed by atoms with Crippen LogP contribution in [0.3, 0.4) is 0 Å². The smallest absolute Gasteiger partial charge is 0.324 e. The monoisotopic (exact) mass is 273 g/mol. The van der Waals surface area contributed by atoms with Crippen LogP contribution < -0.4 is 10.6 Å². The average molecular weight is 273 g/mol. The van der Waals surface area contributed by atoms with E-state index in [0.29, 0.717) is 5.92 Å². The Morgan fingerprint density at radius 1 is 1.30 bits per heavy atom. The van der Waals surface area contributed by atoms with E-state index in [4.69, 9.17) is 5.73 Å². The highest BCUT2D eigenvalue weighted by Crippen LogP contribution is 2.32. The van der Waals surface area contributed by atoms with E-state index >= 15 is 0 Å². The third-order valence-electron chi connectivity index (χ3n) is 4.45. The van der Waals surface area contributed by atoms with Gasteiger partial charge in [0.1, 0.15) is 0 Å². The molecule has 1 aromatic rings. The van der Waals surface area contributed by atoms with Crippen molar-refractivity contribution >= 4 is 17.4 Å². The van der Waals surface area contributed by atoms with Gasteiger partial charge in [0.05, 0.1) is 5.69 Å². The Morgan fingerprint density at radius 2 is 2.15 bits per heavy atom. The molecule has 108 valence electrons. The van der Waals surface area contributed by atoms with Gasteiger partial charge in [-0.25, -0.2) is 4.79 Å². The molecule has 1 aromatic carbocycles. The van der Waals surface area contributed by atoms with Crippen LogP contribution in [0.15, 0.2) is 18.2 Å². The second kappa shape index (κ2) is 5.35. The number of piperidine rings is 1. The topological polar surface area (TPSA) is 49.6 Å². The van der Waals surface area contributed by atoms with Gasteiger partial charge in [0.2, 0.25) is 0 Å². The maximum Gasteiger partial charge on any atom is 0.324 e. The number of likely N-dealkylation sites (tertiary alicyclic amines) is 1. The van der Waals surface area contributed by atoms with Crippen LogP contribution >= 0.6 is 0 Å². The minimum Gasteiger partial charge on any atom is -0.398 e. The van der Waals surface area contributed by atoms with E-state index in [1.165, 1.54) is 6.42 Å². The van der Waals surface area contributed by atoms with E-state index in [1.807, 2.05) is 28.0 Å². The first-order valence-electron chi connectivity index (χ1n) is 7.60. The van der Waals surface area contributed by atoms with Crippen molar-refractivity contribution in [3.05, 3.63) is 23.8 Å². The minimum absolute atomic E-state index is 0.156. The van der Waals surface area contributed by atoms with Crippen molar-refractivity contribution in [1.29, 1.82) is 0 Å². The average Bonchev–Trinajstić information content (AvgIpc) is 2.46. The lowest BCUT2D eigenvalue weighted by Gasteiger charge is -2.38. The lowest BCUT2D eigenvalue weighted by Crippen LogP contribution is -2.49. The predicted octanol–water partition coefficient (Wildman–Crippen LogP) is 2.87. The highest BCUT2D eigenvalue weighted by atomic mass is 16.2. The largest absolute Gasteiger partial charge is 0.398 e. The van der Waals surface area contributed by atoms with Gasteiger partial charge >= 0.3 is 6.03 Å². The summed E-state index contributed by atoms with van der Waals surface area (Å²) in [5, 5.41) is 0. The summed E-state index contributed by atoms with van der Waals surface area (Å²) in [6.45, 7) is 4.80. The maximum absolute atomic E-state index is 12.8. The van der Waals surface area contributed by atoms with Gasteiger partial charge in [-0.3, -0.25) is 4.90 Å². The zero-order chi connectivity index (χ0) is 14.1. The molecule has 1 fully saturated rings. The number of hydrogen-bond donors (Lipinski definition) is 1. The molecule has 1 saturated heterocycles. The van der Waals surface area contributed by atoms with E-state index in [2.05, 4.69) is 6.92 Å². The highest BCUT2D eigenvalue weighted by Gasteiger charge is 2.29. The molecule has 20 heavy (non-hydrogen) atoms. The standard InChI is InChI=1S/C16H23N3O/c1-12-5-3-9-18(11-12)16(20)19-10-4-6-13-14(17)7-2-8-15(13)19/h2,7-8,12H,3-6,9-11,17H2,1H3. The molecule has 2 N–H and O–H groups in total. The zero-order valence-corrected chi connectivity index (χ0v) is 12.1. The number of carbonyl (C=O) groups excluding carboxylic acids is 1. The van der Waals surface area contributed by atoms with Gasteiger partial charge < -0.3 is 10.6 Å². The molecule has 2 aliphatic rings. The molecule has 0 saturated carbocycles. The van der Waals surface area contributed by atoms with Crippen LogP contribution in [-0.4, -0.2) is 30.6 Å². The van der Waals surface area contributed by atoms with E-state index in [-0.39, 0.29) is 6.03 Å². The Bertz CT molecular complexity index is 514. The second-order valence-corrected chi connectivity index (χ2v) is 6.08. The molecule has 0 spiro atoms. The quantitative estimate of drug-likeness (QED) is 0.739. The molecule has 0 aliphatic carbocycles. The van der Waals surface area contributed by atoms with Crippen LogP contribution in [0.1, 0.15) is 31.7 Å². The van der Waals surface area contributed by atoms with Gasteiger partial charge in [0.25, 0.3) is 0 Å². The van der Waals surface area contributed by atoms with Gasteiger partial charge in [0, 0.05) is 25.3 Å². The summed E-state index contributed by atoms with van der Waals surface area (Å²) in [6.07, 6.45) is 4.32. The van der Waals surface area contributed by atoms with Gasteiger partial charge in [-0.05, 0) is 49.3 Å². The number of benzene rings is 1. The molecular formula is C16H23N3O. The molecule has 2 heterocycles. The molecule has 2 amide bonds. The molecule has 0 aromatic heterocycles. The molecule has 0 bridgehead atoms. The Morgan fingerprint density at radius 3 is 2.95 bits per heavy atom. The molecule has 3 rings (SSSR count). The fraction of sp³-hybridized carbons (Fsp3) is 0.562. The van der Waals surface area contributed by atoms with Crippen molar-refractivity contribution in [2.24, 2.45) is 5.92 Å². The number of anilines is 2. The lowest BCUT2D eigenvalue weighted by molar-refractivity contribution is 0.175. The van der Waals surface area contributed by atoms with Crippen LogP contribution in [0.4, 0.5) is 16.2 Å². The van der Waals surface area contributed by atoms with Crippen LogP contribution in [0.5, 0.6) is 0 Å². The number of nitrogens with zero attached hydrogens (tertiary/aromatic N) is 2. The van der Waals surface area contributed by atoms with Crippen LogP contribution in [0.25, 0.3) is 0 Å². The number of rotatable bonds is 0. The van der Waals surface area contributed by atoms with Gasteiger partial charge in [-0.2, -0.15) is 0 Å². The summed E-state index contributed by atoms with van der Waals surface area (Å²) in [5.74, 6) is 0.609. The SMILES string of the molecule is CC1CCCN(C(=O)N2CCCc3c(N)cccc32)C1. The lowest BCUT2D eigenvalue weighted by atomic mass is 9.99. The number of amides is 2. The number of nitrogen functional groups attached to an aromatic ring is 1. The molecule has 4 heteroatoms. The molecule has 4 nitrogen and oxygen atoms in total. The molecule has 1 atom stereocenters. The number of fused-ring (bicyclic) bond motifs is 1. The number of urea groups is 1. The van der Waals surface area contributed by atoms with Gasteiger partial charge in [0.15, 0.2) is 0 Å². The predicted molar refractivity (Wildman–Crippen MR) is 81.9 cm³/mol. The first kappa shape index (κ1) is 13.3. The van der Waals surface area contributed by atoms with E-state index in [9.17, 15) is 4.79 Å². The first-order chi connectivity index (χ1) is 9.66. The zero-order valence-electron chi connectivity index (χ0n) is 12.1. The molecule has 0 radical (unpaired) electrons. The van der Waals surface area contributed by atoms with Crippen LogP contribution in [0.2, 0.25) is 0 Å². The Kier molecular flexibility index (Phi) is 3.55. The van der Waals surface area contributed by atoms with E-state index in [1.54, 1.807) is 0 Å². The number of hydrogen-bond acceptors (Lipinski definition) is 2. The summed E-state index contributed by atoms with van der Waals surface area (Å²) in [5.41, 5.74) is 9.01. The number of nitrogens with two attached hydrogens (primary N) is 1. The maximum atomic E-state index is 12.8. The molecule has 2 aliphatic heterocycles. The summed E-state index contributed by atoms with van der Waals surface area (Å²) in [6, 6.07) is 6.05. The highest BCUT2D eigenvalue weighted by molar-refractivity contribution is 5.94. The first-order valence-corrected chi connectivity index (χ1v) is 7.60.